The predicted octanol–water partition coefficient (Wildman–Crippen LogP) is 20.7. The van der Waals surface area contributed by atoms with Crippen LogP contribution in [0.3, 0.4) is 0 Å². The highest BCUT2D eigenvalue weighted by molar-refractivity contribution is 5.72. The summed E-state index contributed by atoms with van der Waals surface area (Å²) in [5.41, 5.74) is 0. The SMILES string of the molecule is CC/C=C\C/C=C\C/C=C\C/C=C\C/C=C\CC(=O)OC(COC(=O)CCCCCCCCCCCC)COC(=O)CCCCCCCCCCCCCCCCCCC/C=C\C/C=C\CCCCCCC. The molecule has 1 unspecified atom stereocenters. The molecule has 0 aromatic rings. The molecule has 1 atom stereocenters. The van der Waals surface area contributed by atoms with Crippen LogP contribution >= 0.6 is 0 Å². The molecule has 72 heavy (non-hydrogen) atoms. The lowest BCUT2D eigenvalue weighted by Crippen LogP contribution is -2.30. The normalized spacial score (nSPS) is 12.7. The topological polar surface area (TPSA) is 78.9 Å². The van der Waals surface area contributed by atoms with Gasteiger partial charge in [-0.2, -0.15) is 0 Å². The third-order valence-corrected chi connectivity index (χ3v) is 13.2. The van der Waals surface area contributed by atoms with Gasteiger partial charge in [0, 0.05) is 12.8 Å². The molecule has 6 nitrogen and oxygen atoms in total. The molecule has 0 aliphatic carbocycles. The molecular weight excluding hydrogens is 889 g/mol. The van der Waals surface area contributed by atoms with E-state index in [1.54, 1.807) is 6.08 Å². The molecule has 0 N–H and O–H groups in total. The highest BCUT2D eigenvalue weighted by atomic mass is 16.6. The summed E-state index contributed by atoms with van der Waals surface area (Å²) >= 11 is 0. The van der Waals surface area contributed by atoms with Gasteiger partial charge >= 0.3 is 17.9 Å². The van der Waals surface area contributed by atoms with Crippen molar-refractivity contribution in [3.8, 4) is 0 Å². The zero-order chi connectivity index (χ0) is 52.2. The van der Waals surface area contributed by atoms with Gasteiger partial charge in [-0.1, -0.05) is 286 Å². The first-order valence-corrected chi connectivity index (χ1v) is 30.6. The molecule has 0 heterocycles. The van der Waals surface area contributed by atoms with Crippen LogP contribution in [0.5, 0.6) is 0 Å². The number of hydrogen-bond acceptors (Lipinski definition) is 6. The molecule has 0 rings (SSSR count). The molecule has 0 saturated heterocycles. The van der Waals surface area contributed by atoms with E-state index in [0.29, 0.717) is 12.8 Å². The van der Waals surface area contributed by atoms with E-state index in [2.05, 4.69) is 93.7 Å². The van der Waals surface area contributed by atoms with Crippen molar-refractivity contribution in [2.45, 2.75) is 303 Å². The minimum Gasteiger partial charge on any atom is -0.462 e. The first-order valence-electron chi connectivity index (χ1n) is 30.6. The Balaban J connectivity index is 4.20. The van der Waals surface area contributed by atoms with E-state index >= 15 is 0 Å². The average molecular weight is 1000 g/mol. The lowest BCUT2D eigenvalue weighted by Gasteiger charge is -2.18. The maximum Gasteiger partial charge on any atom is 0.310 e. The van der Waals surface area contributed by atoms with Crippen LogP contribution < -0.4 is 0 Å². The summed E-state index contributed by atoms with van der Waals surface area (Å²) in [4.78, 5) is 38.0. The number of esters is 3. The summed E-state index contributed by atoms with van der Waals surface area (Å²) < 4.78 is 16.7. The first kappa shape index (κ1) is 68.6. The average Bonchev–Trinajstić information content (AvgIpc) is 3.38. The van der Waals surface area contributed by atoms with Crippen molar-refractivity contribution in [3.63, 3.8) is 0 Å². The second kappa shape index (κ2) is 60.1. The van der Waals surface area contributed by atoms with Gasteiger partial charge in [0.25, 0.3) is 0 Å². The number of allylic oxidation sites excluding steroid dienone is 13. The molecular formula is C66H114O6. The molecule has 0 spiro atoms. The third-order valence-electron chi connectivity index (χ3n) is 13.2. The van der Waals surface area contributed by atoms with Gasteiger partial charge in [-0.15, -0.1) is 0 Å². The Hall–Kier alpha value is -3.41. The van der Waals surface area contributed by atoms with Crippen LogP contribution in [0.25, 0.3) is 0 Å². The Morgan fingerprint density at radius 2 is 0.583 bits per heavy atom. The molecule has 0 amide bonds. The Labute approximate surface area is 445 Å². The number of unbranched alkanes of at least 4 members (excludes halogenated alkanes) is 31. The van der Waals surface area contributed by atoms with E-state index in [4.69, 9.17) is 14.2 Å². The van der Waals surface area contributed by atoms with Gasteiger partial charge in [0.05, 0.1) is 6.42 Å². The number of carbonyl (C=O) groups excluding carboxylic acids is 3. The highest BCUT2D eigenvalue weighted by Crippen LogP contribution is 2.16. The predicted molar refractivity (Wildman–Crippen MR) is 311 cm³/mol. The van der Waals surface area contributed by atoms with Crippen LogP contribution in [0.1, 0.15) is 297 Å². The Morgan fingerprint density at radius 3 is 0.917 bits per heavy atom. The minimum absolute atomic E-state index is 0.0990. The van der Waals surface area contributed by atoms with Crippen LogP contribution in [0, 0.1) is 0 Å². The Bertz CT molecular complexity index is 1380. The third kappa shape index (κ3) is 57.5. The second-order valence-electron chi connectivity index (χ2n) is 20.3. The summed E-state index contributed by atoms with van der Waals surface area (Å²) in [5.74, 6) is -1.04. The van der Waals surface area contributed by atoms with Crippen molar-refractivity contribution < 1.29 is 28.6 Å². The van der Waals surface area contributed by atoms with Gasteiger partial charge < -0.3 is 14.2 Å². The van der Waals surface area contributed by atoms with Crippen molar-refractivity contribution in [1.82, 2.24) is 0 Å². The summed E-state index contributed by atoms with van der Waals surface area (Å²) in [7, 11) is 0. The van der Waals surface area contributed by atoms with E-state index in [-0.39, 0.29) is 31.6 Å². The molecule has 6 heteroatoms. The minimum atomic E-state index is -0.828. The van der Waals surface area contributed by atoms with Crippen LogP contribution in [0.15, 0.2) is 85.1 Å². The number of carbonyl (C=O) groups is 3. The summed E-state index contributed by atoms with van der Waals surface area (Å²) in [6.07, 6.45) is 79.2. The van der Waals surface area contributed by atoms with E-state index in [9.17, 15) is 14.4 Å². The lowest BCUT2D eigenvalue weighted by molar-refractivity contribution is -0.166. The highest BCUT2D eigenvalue weighted by Gasteiger charge is 2.19. The van der Waals surface area contributed by atoms with Crippen molar-refractivity contribution in [2.75, 3.05) is 13.2 Å². The van der Waals surface area contributed by atoms with Crippen LogP contribution in [0.2, 0.25) is 0 Å². The summed E-state index contributed by atoms with van der Waals surface area (Å²) in [6.45, 7) is 6.44. The fourth-order valence-electron chi connectivity index (χ4n) is 8.61. The van der Waals surface area contributed by atoms with E-state index in [1.807, 2.05) is 6.08 Å². The number of rotatable bonds is 55. The molecule has 0 bridgehead atoms. The van der Waals surface area contributed by atoms with E-state index in [0.717, 1.165) is 77.0 Å². The molecule has 0 aromatic heterocycles. The zero-order valence-electron chi connectivity index (χ0n) is 47.4. The van der Waals surface area contributed by atoms with Crippen LogP contribution in [0.4, 0.5) is 0 Å². The smallest absolute Gasteiger partial charge is 0.310 e. The van der Waals surface area contributed by atoms with Gasteiger partial charge in [0.15, 0.2) is 6.10 Å². The zero-order valence-corrected chi connectivity index (χ0v) is 47.4. The molecule has 0 fully saturated rings. The molecule has 414 valence electrons. The lowest BCUT2D eigenvalue weighted by atomic mass is 10.0. The van der Waals surface area contributed by atoms with Gasteiger partial charge in [0.2, 0.25) is 0 Å². The fourth-order valence-corrected chi connectivity index (χ4v) is 8.61. The van der Waals surface area contributed by atoms with Crippen molar-refractivity contribution in [2.24, 2.45) is 0 Å². The van der Waals surface area contributed by atoms with Crippen molar-refractivity contribution in [3.05, 3.63) is 85.1 Å². The molecule has 0 radical (unpaired) electrons. The second-order valence-corrected chi connectivity index (χ2v) is 20.3. The molecule has 0 aromatic carbocycles. The standard InChI is InChI=1S/C66H114O6/c1-4-7-10-13-16-19-22-24-26-27-28-29-30-31-32-33-34-35-36-37-38-39-41-42-44-47-50-53-56-59-65(68)71-62-63(61-70-64(67)58-55-52-49-46-21-18-15-12-9-6-3)72-66(69)60-57-54-51-48-45-43-40-25-23-20-17-14-11-8-5-2/h8,11,17,20,22,24-25,27-28,40,45,48,54,57,63H,4-7,9-10,12-16,18-19,21,23,26,29-39,41-44,46-47,49-53,55-56,58-62H2,1-3H3/b11-8-,20-17-,24-22-,28-27-,40-25-,48-45-,57-54-. The van der Waals surface area contributed by atoms with Crippen LogP contribution in [-0.2, 0) is 28.6 Å². The number of hydrogen-bond donors (Lipinski definition) is 0. The van der Waals surface area contributed by atoms with Crippen molar-refractivity contribution in [1.29, 1.82) is 0 Å². The summed E-state index contributed by atoms with van der Waals surface area (Å²) in [5, 5.41) is 0. The molecule has 0 aliphatic rings. The van der Waals surface area contributed by atoms with E-state index in [1.165, 1.54) is 180 Å². The fraction of sp³-hybridized carbons (Fsp3) is 0.742. The van der Waals surface area contributed by atoms with Gasteiger partial charge in [-0.3, -0.25) is 14.4 Å². The van der Waals surface area contributed by atoms with Gasteiger partial charge in [-0.25, -0.2) is 0 Å². The van der Waals surface area contributed by atoms with Crippen molar-refractivity contribution >= 4 is 17.9 Å². The van der Waals surface area contributed by atoms with Gasteiger partial charge in [-0.05, 0) is 77.0 Å². The largest absolute Gasteiger partial charge is 0.462 e. The molecule has 0 aliphatic heterocycles. The monoisotopic (exact) mass is 1000 g/mol. The Morgan fingerprint density at radius 1 is 0.306 bits per heavy atom. The molecule has 0 saturated carbocycles. The number of ether oxygens (including phenoxy) is 3. The van der Waals surface area contributed by atoms with Crippen LogP contribution in [-0.4, -0.2) is 37.2 Å². The quantitative estimate of drug-likeness (QED) is 0.0261. The Kier molecular flexibility index (Phi) is 57.3. The first-order chi connectivity index (χ1) is 35.5. The maximum absolute atomic E-state index is 12.8. The van der Waals surface area contributed by atoms with E-state index < -0.39 is 12.1 Å². The summed E-state index contributed by atoms with van der Waals surface area (Å²) in [6, 6.07) is 0. The van der Waals surface area contributed by atoms with Gasteiger partial charge in [0.1, 0.15) is 13.2 Å². The maximum atomic E-state index is 12.8.